The summed E-state index contributed by atoms with van der Waals surface area (Å²) in [6.07, 6.45) is 8.94. The number of carbonyl (C=O) groups is 1. The average molecular weight is 254 g/mol. The van der Waals surface area contributed by atoms with E-state index in [0.29, 0.717) is 0 Å². The van der Waals surface area contributed by atoms with Gasteiger partial charge in [0, 0.05) is 13.6 Å². The molecule has 0 heterocycles. The summed E-state index contributed by atoms with van der Waals surface area (Å²) in [6.45, 7) is 5.00. The number of rotatable bonds is 6. The van der Waals surface area contributed by atoms with E-state index in [1.54, 1.807) is 0 Å². The second-order valence-electron chi connectivity index (χ2n) is 5.96. The molecule has 1 fully saturated rings. The summed E-state index contributed by atoms with van der Waals surface area (Å²) >= 11 is 0. The van der Waals surface area contributed by atoms with E-state index in [2.05, 4.69) is 13.8 Å². The summed E-state index contributed by atoms with van der Waals surface area (Å²) < 4.78 is 0. The van der Waals surface area contributed by atoms with Gasteiger partial charge in [-0.1, -0.05) is 52.4 Å². The van der Waals surface area contributed by atoms with Crippen LogP contribution in [0.3, 0.4) is 0 Å². The van der Waals surface area contributed by atoms with Crippen molar-refractivity contribution in [2.75, 3.05) is 13.6 Å². The van der Waals surface area contributed by atoms with Crippen LogP contribution in [0.15, 0.2) is 0 Å². The van der Waals surface area contributed by atoms with Crippen LogP contribution in [0.4, 0.5) is 0 Å². The molecule has 0 aromatic heterocycles. The number of hydrogen-bond acceptors (Lipinski definition) is 2. The van der Waals surface area contributed by atoms with Crippen LogP contribution in [0.5, 0.6) is 0 Å². The Hall–Kier alpha value is -0.570. The van der Waals surface area contributed by atoms with Gasteiger partial charge in [0.1, 0.15) is 0 Å². The molecule has 0 aromatic carbocycles. The van der Waals surface area contributed by atoms with Crippen molar-refractivity contribution in [2.24, 2.45) is 17.6 Å². The highest BCUT2D eigenvalue weighted by Gasteiger charge is 2.23. The zero-order chi connectivity index (χ0) is 13.5. The topological polar surface area (TPSA) is 46.3 Å². The van der Waals surface area contributed by atoms with Crippen LogP contribution in [-0.2, 0) is 4.79 Å². The van der Waals surface area contributed by atoms with Gasteiger partial charge in [0.2, 0.25) is 5.91 Å². The lowest BCUT2D eigenvalue weighted by atomic mass is 9.87. The van der Waals surface area contributed by atoms with Crippen LogP contribution < -0.4 is 5.73 Å². The molecule has 1 saturated carbocycles. The zero-order valence-electron chi connectivity index (χ0n) is 12.3. The third-order valence-corrected chi connectivity index (χ3v) is 4.52. The molecule has 2 atom stereocenters. The first-order valence-corrected chi connectivity index (χ1v) is 7.56. The molecular formula is C15H30N2O. The van der Waals surface area contributed by atoms with Gasteiger partial charge in [-0.3, -0.25) is 4.79 Å². The monoisotopic (exact) mass is 254 g/mol. The van der Waals surface area contributed by atoms with Crippen molar-refractivity contribution in [2.45, 2.75) is 64.8 Å². The molecule has 1 aliphatic carbocycles. The fraction of sp³-hybridized carbons (Fsp3) is 0.933. The van der Waals surface area contributed by atoms with E-state index in [4.69, 9.17) is 5.73 Å². The second-order valence-corrected chi connectivity index (χ2v) is 5.96. The van der Waals surface area contributed by atoms with Gasteiger partial charge in [0.05, 0.1) is 6.04 Å². The third kappa shape index (κ3) is 4.60. The summed E-state index contributed by atoms with van der Waals surface area (Å²) in [4.78, 5) is 14.0. The molecule has 3 nitrogen and oxygen atoms in total. The highest BCUT2D eigenvalue weighted by Crippen LogP contribution is 2.26. The van der Waals surface area contributed by atoms with Gasteiger partial charge in [-0.2, -0.15) is 0 Å². The second kappa shape index (κ2) is 7.78. The molecular weight excluding hydrogens is 224 g/mol. The Morgan fingerprint density at radius 3 is 2.50 bits per heavy atom. The SMILES string of the molecule is CCC(C)C(N)C(=O)N(C)CCC1CCCCC1. The van der Waals surface area contributed by atoms with Crippen molar-refractivity contribution in [3.05, 3.63) is 0 Å². The average Bonchev–Trinajstić information content (AvgIpc) is 2.43. The Morgan fingerprint density at radius 1 is 1.33 bits per heavy atom. The number of likely N-dealkylation sites (N-methyl/N-ethyl adjacent to an activating group) is 1. The van der Waals surface area contributed by atoms with Gasteiger partial charge in [0.25, 0.3) is 0 Å². The molecule has 0 bridgehead atoms. The van der Waals surface area contributed by atoms with Crippen molar-refractivity contribution >= 4 is 5.91 Å². The molecule has 0 saturated heterocycles. The van der Waals surface area contributed by atoms with Crippen LogP contribution in [0.2, 0.25) is 0 Å². The quantitative estimate of drug-likeness (QED) is 0.792. The van der Waals surface area contributed by atoms with E-state index in [9.17, 15) is 4.79 Å². The number of nitrogens with zero attached hydrogens (tertiary/aromatic N) is 1. The summed E-state index contributed by atoms with van der Waals surface area (Å²) in [5.41, 5.74) is 5.99. The van der Waals surface area contributed by atoms with Gasteiger partial charge >= 0.3 is 0 Å². The van der Waals surface area contributed by atoms with Crippen LogP contribution in [0, 0.1) is 11.8 Å². The molecule has 18 heavy (non-hydrogen) atoms. The Labute approximate surface area is 112 Å². The summed E-state index contributed by atoms with van der Waals surface area (Å²) in [6, 6.07) is -0.327. The molecule has 2 unspecified atom stereocenters. The highest BCUT2D eigenvalue weighted by molar-refractivity contribution is 5.81. The molecule has 2 N–H and O–H groups in total. The maximum absolute atomic E-state index is 12.1. The van der Waals surface area contributed by atoms with E-state index in [1.807, 2.05) is 11.9 Å². The number of amides is 1. The van der Waals surface area contributed by atoms with Gasteiger partial charge in [-0.25, -0.2) is 0 Å². The van der Waals surface area contributed by atoms with E-state index in [0.717, 1.165) is 25.3 Å². The lowest BCUT2D eigenvalue weighted by Gasteiger charge is -2.27. The smallest absolute Gasteiger partial charge is 0.239 e. The van der Waals surface area contributed by atoms with Gasteiger partial charge in [-0.05, 0) is 18.3 Å². The minimum absolute atomic E-state index is 0.111. The number of carbonyl (C=O) groups excluding carboxylic acids is 1. The molecule has 1 amide bonds. The number of hydrogen-bond donors (Lipinski definition) is 1. The first kappa shape index (κ1) is 15.5. The van der Waals surface area contributed by atoms with Crippen LogP contribution in [0.25, 0.3) is 0 Å². The maximum Gasteiger partial charge on any atom is 0.239 e. The molecule has 106 valence electrons. The fourth-order valence-electron chi connectivity index (χ4n) is 2.71. The molecule has 0 spiro atoms. The Morgan fingerprint density at radius 2 is 1.94 bits per heavy atom. The molecule has 1 aliphatic rings. The number of nitrogens with two attached hydrogens (primary N) is 1. The van der Waals surface area contributed by atoms with Crippen molar-refractivity contribution in [3.8, 4) is 0 Å². The first-order chi connectivity index (χ1) is 8.56. The van der Waals surface area contributed by atoms with E-state index < -0.39 is 0 Å². The Balaban J connectivity index is 2.30. The molecule has 3 heteroatoms. The summed E-state index contributed by atoms with van der Waals surface area (Å²) in [7, 11) is 1.90. The maximum atomic E-state index is 12.1. The highest BCUT2D eigenvalue weighted by atomic mass is 16.2. The molecule has 0 radical (unpaired) electrons. The minimum atomic E-state index is -0.327. The lowest BCUT2D eigenvalue weighted by Crippen LogP contribution is -2.46. The van der Waals surface area contributed by atoms with Gasteiger partial charge in [-0.15, -0.1) is 0 Å². The lowest BCUT2D eigenvalue weighted by molar-refractivity contribution is -0.132. The Bertz CT molecular complexity index is 249. The van der Waals surface area contributed by atoms with Crippen molar-refractivity contribution in [3.63, 3.8) is 0 Å². The van der Waals surface area contributed by atoms with Crippen LogP contribution >= 0.6 is 0 Å². The van der Waals surface area contributed by atoms with Crippen molar-refractivity contribution in [1.82, 2.24) is 4.90 Å². The predicted molar refractivity (Wildman–Crippen MR) is 76.3 cm³/mol. The van der Waals surface area contributed by atoms with E-state index in [-0.39, 0.29) is 17.9 Å². The normalized spacial score (nSPS) is 20.4. The summed E-state index contributed by atoms with van der Waals surface area (Å²) in [5, 5.41) is 0. The predicted octanol–water partition coefficient (Wildman–Crippen LogP) is 2.79. The zero-order valence-corrected chi connectivity index (χ0v) is 12.3. The van der Waals surface area contributed by atoms with E-state index >= 15 is 0 Å². The van der Waals surface area contributed by atoms with E-state index in [1.165, 1.54) is 32.1 Å². The molecule has 0 aromatic rings. The minimum Gasteiger partial charge on any atom is -0.344 e. The third-order valence-electron chi connectivity index (χ3n) is 4.52. The van der Waals surface area contributed by atoms with Crippen LogP contribution in [0.1, 0.15) is 58.8 Å². The van der Waals surface area contributed by atoms with Gasteiger partial charge < -0.3 is 10.6 Å². The fourth-order valence-corrected chi connectivity index (χ4v) is 2.71. The summed E-state index contributed by atoms with van der Waals surface area (Å²) in [5.74, 6) is 1.21. The molecule has 0 aliphatic heterocycles. The molecule has 1 rings (SSSR count). The van der Waals surface area contributed by atoms with Crippen molar-refractivity contribution in [1.29, 1.82) is 0 Å². The van der Waals surface area contributed by atoms with Crippen LogP contribution in [-0.4, -0.2) is 30.4 Å². The largest absolute Gasteiger partial charge is 0.344 e. The Kier molecular flexibility index (Phi) is 6.69. The standard InChI is InChI=1S/C15H30N2O/c1-4-12(2)14(16)15(18)17(3)11-10-13-8-6-5-7-9-13/h12-14H,4-11,16H2,1-3H3. The first-order valence-electron chi connectivity index (χ1n) is 7.56. The van der Waals surface area contributed by atoms with Gasteiger partial charge in [0.15, 0.2) is 0 Å². The van der Waals surface area contributed by atoms with Crippen molar-refractivity contribution < 1.29 is 4.79 Å².